The zero-order valence-electron chi connectivity index (χ0n) is 9.11. The van der Waals surface area contributed by atoms with E-state index in [0.717, 1.165) is 0 Å². The number of sulfonamides is 1. The lowest BCUT2D eigenvalue weighted by molar-refractivity contribution is 0.597. The van der Waals surface area contributed by atoms with Crippen molar-refractivity contribution >= 4 is 16.0 Å². The summed E-state index contributed by atoms with van der Waals surface area (Å²) in [5.74, 6) is 0.108. The van der Waals surface area contributed by atoms with E-state index < -0.39 is 10.0 Å². The quantitative estimate of drug-likeness (QED) is 0.856. The van der Waals surface area contributed by atoms with Crippen molar-refractivity contribution < 1.29 is 8.42 Å². The van der Waals surface area contributed by atoms with Crippen LogP contribution in [0.2, 0.25) is 0 Å². The Morgan fingerprint density at radius 3 is 2.65 bits per heavy atom. The number of hydrogen-bond donors (Lipinski definition) is 1. The molecule has 0 amide bonds. The number of nitrogens with zero attached hydrogens (tertiary/aromatic N) is 4. The van der Waals surface area contributed by atoms with Crippen molar-refractivity contribution in [2.75, 3.05) is 4.72 Å². The average molecular weight is 253 g/mol. The van der Waals surface area contributed by atoms with Gasteiger partial charge in [-0.2, -0.15) is 0 Å². The number of tetrazole rings is 1. The molecule has 0 bridgehead atoms. The van der Waals surface area contributed by atoms with Crippen LogP contribution in [-0.2, 0) is 16.6 Å². The highest BCUT2D eigenvalue weighted by atomic mass is 32.2. The largest absolute Gasteiger partial charge is 0.264 e. The van der Waals surface area contributed by atoms with Crippen LogP contribution in [0.5, 0.6) is 0 Å². The molecule has 8 heteroatoms. The van der Waals surface area contributed by atoms with Gasteiger partial charge in [0.2, 0.25) is 0 Å². The maximum Gasteiger partial charge on any atom is 0.264 e. The van der Waals surface area contributed by atoms with Gasteiger partial charge in [0, 0.05) is 6.54 Å². The number of anilines is 1. The SMILES string of the molecule is CCn1nnnc1NS(=O)(=O)c1ccccc1. The minimum atomic E-state index is -3.63. The molecule has 0 saturated heterocycles. The summed E-state index contributed by atoms with van der Waals surface area (Å²) < 4.78 is 27.6. The highest BCUT2D eigenvalue weighted by molar-refractivity contribution is 7.92. The Labute approximate surface area is 98.5 Å². The summed E-state index contributed by atoms with van der Waals surface area (Å²) in [4.78, 5) is 0.172. The van der Waals surface area contributed by atoms with Crippen LogP contribution in [0, 0.1) is 0 Å². The van der Waals surface area contributed by atoms with Crippen molar-refractivity contribution in [3.05, 3.63) is 30.3 Å². The molecule has 0 unspecified atom stereocenters. The third-order valence-electron chi connectivity index (χ3n) is 2.11. The number of rotatable bonds is 4. The van der Waals surface area contributed by atoms with Gasteiger partial charge in [-0.3, -0.25) is 0 Å². The molecule has 17 heavy (non-hydrogen) atoms. The molecule has 1 heterocycles. The van der Waals surface area contributed by atoms with Crippen molar-refractivity contribution in [1.82, 2.24) is 20.2 Å². The Kier molecular flexibility index (Phi) is 3.05. The number of nitrogens with one attached hydrogen (secondary N) is 1. The summed E-state index contributed by atoms with van der Waals surface area (Å²) in [5.41, 5.74) is 0. The summed E-state index contributed by atoms with van der Waals surface area (Å²) in [5, 5.41) is 10.7. The zero-order chi connectivity index (χ0) is 12.3. The molecule has 2 rings (SSSR count). The first-order chi connectivity index (χ1) is 8.13. The van der Waals surface area contributed by atoms with Gasteiger partial charge in [-0.15, -0.1) is 0 Å². The lowest BCUT2D eigenvalue weighted by Crippen LogP contribution is -2.16. The van der Waals surface area contributed by atoms with Crippen molar-refractivity contribution in [3.63, 3.8) is 0 Å². The predicted molar refractivity (Wildman–Crippen MR) is 60.7 cm³/mol. The monoisotopic (exact) mass is 253 g/mol. The summed E-state index contributed by atoms with van der Waals surface area (Å²) >= 11 is 0. The minimum absolute atomic E-state index is 0.108. The maximum absolute atomic E-state index is 11.9. The van der Waals surface area contributed by atoms with Crippen LogP contribution in [0.15, 0.2) is 35.2 Å². The van der Waals surface area contributed by atoms with E-state index in [2.05, 4.69) is 20.2 Å². The molecule has 0 fully saturated rings. The first-order valence-corrected chi connectivity index (χ1v) is 6.46. The zero-order valence-corrected chi connectivity index (χ0v) is 9.92. The van der Waals surface area contributed by atoms with Crippen LogP contribution in [0.4, 0.5) is 5.95 Å². The van der Waals surface area contributed by atoms with E-state index in [9.17, 15) is 8.42 Å². The summed E-state index contributed by atoms with van der Waals surface area (Å²) in [6.07, 6.45) is 0. The third kappa shape index (κ3) is 2.41. The second kappa shape index (κ2) is 4.50. The Morgan fingerprint density at radius 1 is 1.29 bits per heavy atom. The molecule has 0 saturated carbocycles. The Morgan fingerprint density at radius 2 is 2.00 bits per heavy atom. The minimum Gasteiger partial charge on any atom is -0.246 e. The lowest BCUT2D eigenvalue weighted by Gasteiger charge is -2.06. The molecular weight excluding hydrogens is 242 g/mol. The molecule has 0 aliphatic carbocycles. The molecule has 0 radical (unpaired) electrons. The van der Waals surface area contributed by atoms with E-state index in [1.165, 1.54) is 16.8 Å². The van der Waals surface area contributed by atoms with Crippen molar-refractivity contribution in [3.8, 4) is 0 Å². The van der Waals surface area contributed by atoms with Gasteiger partial charge in [0.1, 0.15) is 0 Å². The summed E-state index contributed by atoms with van der Waals surface area (Å²) in [6, 6.07) is 8.05. The number of aromatic nitrogens is 4. The third-order valence-corrected chi connectivity index (χ3v) is 3.45. The van der Waals surface area contributed by atoms with Gasteiger partial charge in [0.25, 0.3) is 16.0 Å². The van der Waals surface area contributed by atoms with E-state index in [4.69, 9.17) is 0 Å². The molecule has 0 aliphatic rings. The fraction of sp³-hybridized carbons (Fsp3) is 0.222. The Balaban J connectivity index is 2.30. The van der Waals surface area contributed by atoms with Crippen LogP contribution in [-0.4, -0.2) is 28.6 Å². The first kappa shape index (κ1) is 11.5. The topological polar surface area (TPSA) is 89.8 Å². The van der Waals surface area contributed by atoms with Crippen LogP contribution in [0.1, 0.15) is 6.92 Å². The summed E-state index contributed by atoms with van der Waals surface area (Å²) in [7, 11) is -3.63. The molecule has 0 aliphatic heterocycles. The average Bonchev–Trinajstić information content (AvgIpc) is 2.77. The van der Waals surface area contributed by atoms with E-state index in [1.807, 2.05) is 6.92 Å². The van der Waals surface area contributed by atoms with Crippen molar-refractivity contribution in [2.24, 2.45) is 0 Å². The van der Waals surface area contributed by atoms with E-state index >= 15 is 0 Å². The highest BCUT2D eigenvalue weighted by Gasteiger charge is 2.16. The Hall–Kier alpha value is -1.96. The molecule has 1 aromatic carbocycles. The van der Waals surface area contributed by atoms with E-state index in [-0.39, 0.29) is 10.8 Å². The highest BCUT2D eigenvalue weighted by Crippen LogP contribution is 2.12. The second-order valence-electron chi connectivity index (χ2n) is 3.24. The molecule has 7 nitrogen and oxygen atoms in total. The van der Waals surface area contributed by atoms with Crippen LogP contribution >= 0.6 is 0 Å². The molecule has 1 N–H and O–H groups in total. The molecular formula is C9H11N5O2S. The maximum atomic E-state index is 11.9. The number of benzene rings is 1. The second-order valence-corrected chi connectivity index (χ2v) is 4.92. The van der Waals surface area contributed by atoms with Crippen LogP contribution in [0.3, 0.4) is 0 Å². The van der Waals surface area contributed by atoms with E-state index in [0.29, 0.717) is 6.54 Å². The van der Waals surface area contributed by atoms with Gasteiger partial charge in [-0.25, -0.2) is 17.8 Å². The standard InChI is InChI=1S/C9H11N5O2S/c1-2-14-9(10-12-13-14)11-17(15,16)8-6-4-3-5-7-8/h3-7H,2H2,1H3,(H,10,11,13). The molecule has 0 atom stereocenters. The van der Waals surface area contributed by atoms with Crippen molar-refractivity contribution in [2.45, 2.75) is 18.4 Å². The lowest BCUT2D eigenvalue weighted by atomic mass is 10.4. The van der Waals surface area contributed by atoms with Crippen molar-refractivity contribution in [1.29, 1.82) is 0 Å². The first-order valence-electron chi connectivity index (χ1n) is 4.97. The molecule has 90 valence electrons. The fourth-order valence-electron chi connectivity index (χ4n) is 1.27. The van der Waals surface area contributed by atoms with Gasteiger partial charge < -0.3 is 0 Å². The van der Waals surface area contributed by atoms with Gasteiger partial charge >= 0.3 is 0 Å². The molecule has 0 spiro atoms. The number of aryl methyl sites for hydroxylation is 1. The van der Waals surface area contributed by atoms with Crippen LogP contribution in [0.25, 0.3) is 0 Å². The van der Waals surface area contributed by atoms with Crippen LogP contribution < -0.4 is 4.72 Å². The Bertz CT molecular complexity index is 593. The smallest absolute Gasteiger partial charge is 0.246 e. The molecule has 1 aromatic heterocycles. The van der Waals surface area contributed by atoms with Gasteiger partial charge in [-0.1, -0.05) is 23.3 Å². The number of hydrogen-bond acceptors (Lipinski definition) is 5. The summed E-state index contributed by atoms with van der Waals surface area (Å²) in [6.45, 7) is 2.30. The normalized spacial score (nSPS) is 11.4. The predicted octanol–water partition coefficient (Wildman–Crippen LogP) is 0.494. The molecule has 2 aromatic rings. The van der Waals surface area contributed by atoms with Gasteiger partial charge in [0.15, 0.2) is 0 Å². The van der Waals surface area contributed by atoms with Gasteiger partial charge in [-0.05, 0) is 29.5 Å². The van der Waals surface area contributed by atoms with Gasteiger partial charge in [0.05, 0.1) is 4.90 Å². The fourth-order valence-corrected chi connectivity index (χ4v) is 2.29. The van der Waals surface area contributed by atoms with E-state index in [1.54, 1.807) is 18.2 Å².